The monoisotopic (exact) mass is 257 g/mol. The van der Waals surface area contributed by atoms with Crippen molar-refractivity contribution in [3.63, 3.8) is 0 Å². The van der Waals surface area contributed by atoms with Crippen molar-refractivity contribution in [1.82, 2.24) is 0 Å². The van der Waals surface area contributed by atoms with Gasteiger partial charge in [-0.05, 0) is 30.4 Å². The van der Waals surface area contributed by atoms with E-state index >= 15 is 0 Å². The zero-order chi connectivity index (χ0) is 13.3. The number of carbonyl (C=O) groups is 1. The zero-order valence-corrected chi connectivity index (χ0v) is 9.78. The van der Waals surface area contributed by atoms with E-state index in [4.69, 9.17) is 10.5 Å². The number of primary amides is 1. The van der Waals surface area contributed by atoms with Crippen LogP contribution >= 0.6 is 0 Å². The van der Waals surface area contributed by atoms with Crippen LogP contribution < -0.4 is 15.2 Å². The van der Waals surface area contributed by atoms with Gasteiger partial charge in [0, 0.05) is 0 Å². The number of amides is 1. The van der Waals surface area contributed by atoms with Gasteiger partial charge in [-0.2, -0.15) is 8.78 Å². The Bertz CT molecular complexity index is 473. The van der Waals surface area contributed by atoms with Crippen LogP contribution in [0.2, 0.25) is 0 Å². The van der Waals surface area contributed by atoms with Gasteiger partial charge in [0.15, 0.2) is 0 Å². The highest BCUT2D eigenvalue weighted by atomic mass is 19.3. The van der Waals surface area contributed by atoms with Gasteiger partial charge in [0.05, 0.1) is 7.11 Å². The third-order valence-corrected chi connectivity index (χ3v) is 2.84. The Balaban J connectivity index is 2.55. The van der Waals surface area contributed by atoms with E-state index in [1.54, 1.807) is 12.1 Å². The topological polar surface area (TPSA) is 61.6 Å². The number of hydrogen-bond donors (Lipinski definition) is 1. The van der Waals surface area contributed by atoms with Crippen LogP contribution in [0, 0.1) is 0 Å². The van der Waals surface area contributed by atoms with Gasteiger partial charge in [0.25, 0.3) is 5.91 Å². The van der Waals surface area contributed by atoms with E-state index in [2.05, 4.69) is 4.74 Å². The minimum atomic E-state index is -3.01. The van der Waals surface area contributed by atoms with Crippen molar-refractivity contribution in [3.05, 3.63) is 23.3 Å². The van der Waals surface area contributed by atoms with E-state index in [1.165, 1.54) is 7.11 Å². The quantitative estimate of drug-likeness (QED) is 0.880. The molecule has 0 heterocycles. The predicted molar refractivity (Wildman–Crippen MR) is 60.1 cm³/mol. The minimum absolute atomic E-state index is 0.123. The Morgan fingerprint density at radius 3 is 2.56 bits per heavy atom. The van der Waals surface area contributed by atoms with Gasteiger partial charge >= 0.3 is 6.61 Å². The van der Waals surface area contributed by atoms with Crippen molar-refractivity contribution < 1.29 is 23.0 Å². The zero-order valence-electron chi connectivity index (χ0n) is 9.78. The lowest BCUT2D eigenvalue weighted by Crippen LogP contribution is -2.17. The first-order valence-electron chi connectivity index (χ1n) is 5.50. The molecule has 1 aromatic carbocycles. The van der Waals surface area contributed by atoms with Crippen LogP contribution in [-0.2, 0) is 0 Å². The molecule has 0 unspecified atom stereocenters. The molecule has 0 aromatic heterocycles. The number of benzene rings is 1. The Morgan fingerprint density at radius 1 is 1.44 bits per heavy atom. The van der Waals surface area contributed by atoms with Crippen molar-refractivity contribution in [3.8, 4) is 11.5 Å². The number of methoxy groups -OCH3 is 1. The first-order chi connectivity index (χ1) is 8.54. The van der Waals surface area contributed by atoms with Crippen LogP contribution in [0.25, 0.3) is 0 Å². The Hall–Kier alpha value is -1.85. The Kier molecular flexibility index (Phi) is 3.36. The average Bonchev–Trinajstić information content (AvgIpc) is 3.11. The van der Waals surface area contributed by atoms with Crippen LogP contribution in [0.15, 0.2) is 12.1 Å². The molecule has 0 spiro atoms. The maximum atomic E-state index is 12.4. The van der Waals surface area contributed by atoms with Gasteiger partial charge in [0.2, 0.25) is 0 Å². The van der Waals surface area contributed by atoms with Crippen LogP contribution in [-0.4, -0.2) is 19.6 Å². The lowest BCUT2D eigenvalue weighted by Gasteiger charge is -2.16. The smallest absolute Gasteiger partial charge is 0.387 e. The number of hydrogen-bond acceptors (Lipinski definition) is 3. The van der Waals surface area contributed by atoms with Crippen molar-refractivity contribution in [1.29, 1.82) is 0 Å². The Morgan fingerprint density at radius 2 is 2.11 bits per heavy atom. The highest BCUT2D eigenvalue weighted by molar-refractivity contribution is 5.99. The number of rotatable bonds is 5. The second-order valence-corrected chi connectivity index (χ2v) is 4.08. The van der Waals surface area contributed by atoms with Crippen LogP contribution in [0.3, 0.4) is 0 Å². The minimum Gasteiger partial charge on any atom is -0.496 e. The third kappa shape index (κ3) is 2.37. The molecule has 2 rings (SSSR count). The van der Waals surface area contributed by atoms with E-state index in [-0.39, 0.29) is 23.0 Å². The van der Waals surface area contributed by atoms with Crippen molar-refractivity contribution >= 4 is 5.91 Å². The summed E-state index contributed by atoms with van der Waals surface area (Å²) in [6.45, 7) is -3.01. The summed E-state index contributed by atoms with van der Waals surface area (Å²) in [5, 5.41) is 0. The molecular formula is C12H13F2NO3. The summed E-state index contributed by atoms with van der Waals surface area (Å²) in [5.41, 5.74) is 5.68. The molecule has 1 amide bonds. The third-order valence-electron chi connectivity index (χ3n) is 2.84. The highest BCUT2D eigenvalue weighted by Crippen LogP contribution is 2.47. The Labute approximate surface area is 103 Å². The summed E-state index contributed by atoms with van der Waals surface area (Å²) in [6, 6.07) is 3.19. The van der Waals surface area contributed by atoms with Crippen LogP contribution in [0.4, 0.5) is 8.78 Å². The van der Waals surface area contributed by atoms with Gasteiger partial charge in [-0.3, -0.25) is 4.79 Å². The fraction of sp³-hybridized carbons (Fsp3) is 0.417. The molecule has 98 valence electrons. The molecule has 0 aliphatic heterocycles. The molecule has 1 fully saturated rings. The van der Waals surface area contributed by atoms with Crippen molar-refractivity contribution in [2.45, 2.75) is 25.4 Å². The molecule has 0 radical (unpaired) electrons. The van der Waals surface area contributed by atoms with E-state index in [9.17, 15) is 13.6 Å². The summed E-state index contributed by atoms with van der Waals surface area (Å²) in [4.78, 5) is 11.4. The SMILES string of the molecule is COc1ccc(C2CC2)c(OC(F)F)c1C(N)=O. The average molecular weight is 257 g/mol. The van der Waals surface area contributed by atoms with Gasteiger partial charge < -0.3 is 15.2 Å². The van der Waals surface area contributed by atoms with E-state index in [0.29, 0.717) is 5.56 Å². The van der Waals surface area contributed by atoms with Gasteiger partial charge in [-0.25, -0.2) is 0 Å². The van der Waals surface area contributed by atoms with Gasteiger partial charge in [-0.1, -0.05) is 6.07 Å². The number of alkyl halides is 2. The lowest BCUT2D eigenvalue weighted by molar-refractivity contribution is -0.0508. The molecule has 0 atom stereocenters. The molecule has 2 N–H and O–H groups in total. The summed E-state index contributed by atoms with van der Waals surface area (Å²) < 4.78 is 34.3. The van der Waals surface area contributed by atoms with Crippen LogP contribution in [0.5, 0.6) is 11.5 Å². The first-order valence-corrected chi connectivity index (χ1v) is 5.50. The number of halogens is 2. The molecule has 1 aliphatic carbocycles. The second kappa shape index (κ2) is 4.80. The van der Waals surface area contributed by atoms with Gasteiger partial charge in [-0.15, -0.1) is 0 Å². The molecule has 18 heavy (non-hydrogen) atoms. The normalized spacial score (nSPS) is 14.7. The molecule has 4 nitrogen and oxygen atoms in total. The lowest BCUT2D eigenvalue weighted by atomic mass is 10.0. The van der Waals surface area contributed by atoms with E-state index in [1.807, 2.05) is 0 Å². The fourth-order valence-electron chi connectivity index (χ4n) is 1.92. The van der Waals surface area contributed by atoms with Crippen LogP contribution in [0.1, 0.15) is 34.7 Å². The second-order valence-electron chi connectivity index (χ2n) is 4.08. The predicted octanol–water partition coefficient (Wildman–Crippen LogP) is 2.27. The maximum Gasteiger partial charge on any atom is 0.387 e. The van der Waals surface area contributed by atoms with Crippen molar-refractivity contribution in [2.24, 2.45) is 5.73 Å². The van der Waals surface area contributed by atoms with E-state index in [0.717, 1.165) is 12.8 Å². The highest BCUT2D eigenvalue weighted by Gasteiger charge is 2.31. The summed E-state index contributed by atoms with van der Waals surface area (Å²) >= 11 is 0. The molecule has 6 heteroatoms. The number of nitrogens with two attached hydrogens (primary N) is 1. The molecular weight excluding hydrogens is 244 g/mol. The molecule has 0 bridgehead atoms. The summed E-state index contributed by atoms with van der Waals surface area (Å²) in [6.07, 6.45) is 1.79. The maximum absolute atomic E-state index is 12.4. The fourth-order valence-corrected chi connectivity index (χ4v) is 1.92. The number of ether oxygens (including phenoxy) is 2. The standard InChI is InChI=1S/C12H13F2NO3/c1-17-8-5-4-7(6-2-3-6)10(18-12(13)14)9(8)11(15)16/h4-6,12H,2-3H2,1H3,(H2,15,16). The first kappa shape index (κ1) is 12.6. The molecule has 1 aliphatic rings. The molecule has 1 aromatic rings. The summed E-state index contributed by atoms with van der Waals surface area (Å²) in [5.74, 6) is -0.699. The molecule has 1 saturated carbocycles. The van der Waals surface area contributed by atoms with Crippen molar-refractivity contribution in [2.75, 3.05) is 7.11 Å². The summed E-state index contributed by atoms with van der Waals surface area (Å²) in [7, 11) is 1.34. The largest absolute Gasteiger partial charge is 0.496 e. The molecule has 0 saturated heterocycles. The number of carbonyl (C=O) groups excluding carboxylic acids is 1. The van der Waals surface area contributed by atoms with E-state index < -0.39 is 12.5 Å². The van der Waals surface area contributed by atoms with Gasteiger partial charge in [0.1, 0.15) is 17.1 Å².